The molecule has 1 heterocycles. The first-order valence-electron chi connectivity index (χ1n) is 10.0. The summed E-state index contributed by atoms with van der Waals surface area (Å²) in [6, 6.07) is 15.4. The largest absolute Gasteiger partial charge is 0.349 e. The molecule has 0 spiro atoms. The fraction of sp³-hybridized carbons (Fsp3) is 0.391. The molecule has 0 radical (unpaired) electrons. The van der Waals surface area contributed by atoms with E-state index in [9.17, 15) is 14.0 Å². The molecule has 0 aliphatic carbocycles. The van der Waals surface area contributed by atoms with Gasteiger partial charge in [-0.05, 0) is 49.6 Å². The monoisotopic (exact) mass is 397 g/mol. The molecule has 1 fully saturated rings. The minimum absolute atomic E-state index is 0.0148. The van der Waals surface area contributed by atoms with Gasteiger partial charge in [-0.1, -0.05) is 30.3 Å². The predicted molar refractivity (Wildman–Crippen MR) is 111 cm³/mol. The molecule has 0 bridgehead atoms. The minimum Gasteiger partial charge on any atom is -0.349 e. The number of amides is 2. The first-order chi connectivity index (χ1) is 13.9. The Kier molecular flexibility index (Phi) is 6.99. The molecule has 29 heavy (non-hydrogen) atoms. The molecule has 1 unspecified atom stereocenters. The number of nitrogens with one attached hydrogen (secondary N) is 1. The van der Waals surface area contributed by atoms with Crippen molar-refractivity contribution in [2.24, 2.45) is 0 Å². The van der Waals surface area contributed by atoms with E-state index in [2.05, 4.69) is 10.2 Å². The molecule has 1 saturated heterocycles. The fourth-order valence-corrected chi connectivity index (χ4v) is 3.75. The highest BCUT2D eigenvalue weighted by Gasteiger charge is 2.29. The average Bonchev–Trinajstić information content (AvgIpc) is 2.74. The van der Waals surface area contributed by atoms with Crippen LogP contribution in [0.5, 0.6) is 0 Å². The van der Waals surface area contributed by atoms with E-state index in [0.717, 1.165) is 31.5 Å². The van der Waals surface area contributed by atoms with Crippen molar-refractivity contribution in [3.63, 3.8) is 0 Å². The van der Waals surface area contributed by atoms with E-state index in [1.54, 1.807) is 30.1 Å². The molecule has 3 rings (SSSR count). The zero-order chi connectivity index (χ0) is 20.8. The van der Waals surface area contributed by atoms with Crippen molar-refractivity contribution in [2.45, 2.75) is 38.4 Å². The lowest BCUT2D eigenvalue weighted by atomic mass is 10.0. The van der Waals surface area contributed by atoms with Crippen molar-refractivity contribution >= 4 is 11.8 Å². The first-order valence-corrected chi connectivity index (χ1v) is 10.0. The second-order valence-corrected chi connectivity index (χ2v) is 7.65. The Hall–Kier alpha value is -2.73. The molecule has 1 atom stereocenters. The van der Waals surface area contributed by atoms with Gasteiger partial charge in [-0.25, -0.2) is 4.39 Å². The van der Waals surface area contributed by atoms with Gasteiger partial charge in [0.1, 0.15) is 5.82 Å². The third-order valence-corrected chi connectivity index (χ3v) is 5.49. The number of nitrogens with zero attached hydrogens (tertiary/aromatic N) is 2. The second kappa shape index (κ2) is 9.65. The van der Waals surface area contributed by atoms with Crippen molar-refractivity contribution in [1.29, 1.82) is 0 Å². The van der Waals surface area contributed by atoms with Crippen LogP contribution in [0.15, 0.2) is 54.6 Å². The van der Waals surface area contributed by atoms with Crippen molar-refractivity contribution < 1.29 is 14.0 Å². The van der Waals surface area contributed by atoms with Gasteiger partial charge in [0.15, 0.2) is 0 Å². The van der Waals surface area contributed by atoms with Crippen LogP contribution in [0, 0.1) is 5.82 Å². The van der Waals surface area contributed by atoms with Crippen molar-refractivity contribution in [2.75, 3.05) is 20.1 Å². The van der Waals surface area contributed by atoms with Crippen LogP contribution in [0.3, 0.4) is 0 Å². The van der Waals surface area contributed by atoms with Gasteiger partial charge >= 0.3 is 0 Å². The normalized spacial score (nSPS) is 16.2. The van der Waals surface area contributed by atoms with E-state index >= 15 is 0 Å². The molecular weight excluding hydrogens is 369 g/mol. The van der Waals surface area contributed by atoms with E-state index in [4.69, 9.17) is 0 Å². The molecule has 6 heteroatoms. The van der Waals surface area contributed by atoms with Crippen LogP contribution < -0.4 is 5.32 Å². The number of benzene rings is 2. The van der Waals surface area contributed by atoms with E-state index < -0.39 is 0 Å². The van der Waals surface area contributed by atoms with E-state index in [1.807, 2.05) is 31.2 Å². The molecule has 5 nitrogen and oxygen atoms in total. The van der Waals surface area contributed by atoms with E-state index in [-0.39, 0.29) is 29.7 Å². The maximum absolute atomic E-state index is 13.4. The summed E-state index contributed by atoms with van der Waals surface area (Å²) in [5.74, 6) is -0.333. The molecule has 1 N–H and O–H groups in total. The highest BCUT2D eigenvalue weighted by molar-refractivity contribution is 5.94. The Balaban J connectivity index is 1.48. The van der Waals surface area contributed by atoms with Crippen LogP contribution in [-0.2, 0) is 11.3 Å². The topological polar surface area (TPSA) is 52.7 Å². The number of hydrogen-bond acceptors (Lipinski definition) is 3. The summed E-state index contributed by atoms with van der Waals surface area (Å²) in [6.45, 7) is 3.79. The molecule has 2 aromatic rings. The lowest BCUT2D eigenvalue weighted by molar-refractivity contribution is -0.136. The molecule has 2 amide bonds. The van der Waals surface area contributed by atoms with E-state index in [1.165, 1.54) is 12.1 Å². The quantitative estimate of drug-likeness (QED) is 0.815. The second-order valence-electron chi connectivity index (χ2n) is 7.65. The van der Waals surface area contributed by atoms with Gasteiger partial charge in [0.05, 0.1) is 6.04 Å². The number of piperidine rings is 1. The summed E-state index contributed by atoms with van der Waals surface area (Å²) in [5.41, 5.74) is 1.44. The average molecular weight is 397 g/mol. The van der Waals surface area contributed by atoms with Gasteiger partial charge in [-0.3, -0.25) is 14.5 Å². The Morgan fingerprint density at radius 2 is 1.83 bits per heavy atom. The van der Waals surface area contributed by atoms with Crippen LogP contribution >= 0.6 is 0 Å². The Bertz CT molecular complexity index is 835. The number of hydrogen-bond donors (Lipinski definition) is 1. The minimum atomic E-state index is -0.295. The molecular formula is C23H28FN3O2. The zero-order valence-electron chi connectivity index (χ0n) is 17.0. The molecule has 2 aromatic carbocycles. The maximum atomic E-state index is 13.4. The van der Waals surface area contributed by atoms with Gasteiger partial charge in [-0.2, -0.15) is 0 Å². The summed E-state index contributed by atoms with van der Waals surface area (Å²) in [6.07, 6.45) is 1.62. The number of rotatable bonds is 6. The molecule has 0 saturated carbocycles. The number of carbonyl (C=O) groups is 2. The summed E-state index contributed by atoms with van der Waals surface area (Å²) >= 11 is 0. The van der Waals surface area contributed by atoms with Gasteiger partial charge in [0, 0.05) is 38.3 Å². The van der Waals surface area contributed by atoms with Gasteiger partial charge in [-0.15, -0.1) is 0 Å². The van der Waals surface area contributed by atoms with Gasteiger partial charge in [0.2, 0.25) is 5.91 Å². The number of halogens is 1. The molecule has 1 aliphatic heterocycles. The fourth-order valence-electron chi connectivity index (χ4n) is 3.75. The standard InChI is InChI=1S/C23H28FN3O2/c1-17(23(29)26(2)16-18-7-6-10-20(24)15-18)27-13-11-21(12-14-27)25-22(28)19-8-4-3-5-9-19/h3-10,15,17,21H,11-14,16H2,1-2H3,(H,25,28). The molecule has 154 valence electrons. The van der Waals surface area contributed by atoms with E-state index in [0.29, 0.717) is 12.1 Å². The lowest BCUT2D eigenvalue weighted by Crippen LogP contribution is -2.51. The highest BCUT2D eigenvalue weighted by atomic mass is 19.1. The predicted octanol–water partition coefficient (Wildman–Crippen LogP) is 3.07. The lowest BCUT2D eigenvalue weighted by Gasteiger charge is -2.37. The van der Waals surface area contributed by atoms with Crippen LogP contribution in [-0.4, -0.2) is 53.8 Å². The van der Waals surface area contributed by atoms with Gasteiger partial charge in [0.25, 0.3) is 5.91 Å². The molecule has 0 aromatic heterocycles. The maximum Gasteiger partial charge on any atom is 0.251 e. The van der Waals surface area contributed by atoms with Gasteiger partial charge < -0.3 is 10.2 Å². The molecule has 1 aliphatic rings. The highest BCUT2D eigenvalue weighted by Crippen LogP contribution is 2.16. The van der Waals surface area contributed by atoms with Crippen molar-refractivity contribution in [1.82, 2.24) is 15.1 Å². The zero-order valence-corrected chi connectivity index (χ0v) is 17.0. The Morgan fingerprint density at radius 3 is 2.48 bits per heavy atom. The summed E-state index contributed by atoms with van der Waals surface area (Å²) in [4.78, 5) is 28.9. The van der Waals surface area contributed by atoms with Crippen molar-refractivity contribution in [3.05, 3.63) is 71.5 Å². The smallest absolute Gasteiger partial charge is 0.251 e. The number of likely N-dealkylation sites (tertiary alicyclic amines) is 1. The summed E-state index contributed by atoms with van der Waals surface area (Å²) in [5, 5.41) is 3.09. The first kappa shape index (κ1) is 21.0. The number of carbonyl (C=O) groups excluding carboxylic acids is 2. The van der Waals surface area contributed by atoms with Crippen LogP contribution in [0.4, 0.5) is 4.39 Å². The Morgan fingerprint density at radius 1 is 1.14 bits per heavy atom. The third-order valence-electron chi connectivity index (χ3n) is 5.49. The summed E-state index contributed by atoms with van der Waals surface area (Å²) < 4.78 is 13.4. The van der Waals surface area contributed by atoms with Crippen molar-refractivity contribution in [3.8, 4) is 0 Å². The van der Waals surface area contributed by atoms with Crippen LogP contribution in [0.25, 0.3) is 0 Å². The SMILES string of the molecule is CC(C(=O)N(C)Cc1cccc(F)c1)N1CCC(NC(=O)c2ccccc2)CC1. The van der Waals surface area contributed by atoms with Crippen LogP contribution in [0.1, 0.15) is 35.7 Å². The van der Waals surface area contributed by atoms with Crippen LogP contribution in [0.2, 0.25) is 0 Å². The number of likely N-dealkylation sites (N-methyl/N-ethyl adjacent to an activating group) is 1. The summed E-state index contributed by atoms with van der Waals surface area (Å²) in [7, 11) is 1.75. The third kappa shape index (κ3) is 5.64. The Labute approximate surface area is 171 Å².